The molecule has 4 aromatic carbocycles. The normalized spacial score (nSPS) is 21.0. The molecule has 15 nitrogen and oxygen atoms in total. The highest BCUT2D eigenvalue weighted by Gasteiger charge is 2.49. The van der Waals surface area contributed by atoms with Crippen LogP contribution < -0.4 is 14.9 Å². The Balaban J connectivity index is 0.906. The van der Waals surface area contributed by atoms with Gasteiger partial charge in [0, 0.05) is 124 Å². The van der Waals surface area contributed by atoms with Crippen LogP contribution in [0.5, 0.6) is 0 Å². The molecule has 3 heterocycles. The van der Waals surface area contributed by atoms with E-state index >= 15 is 0 Å². The number of hydrogen-bond donors (Lipinski definition) is 2. The number of piperazine rings is 2. The second-order valence-corrected chi connectivity index (χ2v) is 27.9. The van der Waals surface area contributed by atoms with Crippen LogP contribution in [0, 0.1) is 5.41 Å². The van der Waals surface area contributed by atoms with Crippen molar-refractivity contribution in [3.05, 3.63) is 119 Å². The molecule has 1 aliphatic carbocycles. The summed E-state index contributed by atoms with van der Waals surface area (Å²) in [5, 5.41) is 3.70. The molecule has 4 aliphatic rings. The van der Waals surface area contributed by atoms with Crippen molar-refractivity contribution in [3.8, 4) is 0 Å². The molecule has 22 heteroatoms. The van der Waals surface area contributed by atoms with Crippen molar-refractivity contribution in [3.63, 3.8) is 0 Å². The second-order valence-electron chi connectivity index (χ2n) is 22.7. The van der Waals surface area contributed by atoms with Crippen LogP contribution in [0.4, 0.5) is 29.3 Å². The summed E-state index contributed by atoms with van der Waals surface area (Å²) in [6.45, 7) is 20.0. The lowest BCUT2D eigenvalue weighted by atomic mass is 9.71. The van der Waals surface area contributed by atoms with Crippen molar-refractivity contribution in [2.45, 2.75) is 105 Å². The number of rotatable bonds is 18. The Kier molecular flexibility index (Phi) is 20.0. The number of halogens is 4. The fourth-order valence-corrected chi connectivity index (χ4v) is 14.2. The number of sulfonamides is 1. The maximum atomic E-state index is 14.3. The molecule has 4 aromatic rings. The number of nitrogens with zero attached hydrogens (tertiary/aromatic N) is 5. The minimum Gasteiger partial charge on any atom is -0.444 e. The summed E-state index contributed by atoms with van der Waals surface area (Å²) in [4.78, 5) is 36.5. The molecule has 0 saturated carbocycles. The van der Waals surface area contributed by atoms with Gasteiger partial charge in [0.05, 0.1) is 17.2 Å². The predicted octanol–water partition coefficient (Wildman–Crippen LogP) is 10.1. The number of alkyl halides is 3. The maximum Gasteiger partial charge on any atom is 0.501 e. The fourth-order valence-electron chi connectivity index (χ4n) is 11.0. The summed E-state index contributed by atoms with van der Waals surface area (Å²) >= 11 is 7.78. The molecule has 2 N–H and O–H groups in total. The number of thioether (sulfide) groups is 1. The molecule has 0 bridgehead atoms. The minimum absolute atomic E-state index is 0.0161. The van der Waals surface area contributed by atoms with Gasteiger partial charge in [-0.15, -0.1) is 11.8 Å². The second kappa shape index (κ2) is 26.1. The number of anilines is 2. The van der Waals surface area contributed by atoms with E-state index < -0.39 is 58.4 Å². The van der Waals surface area contributed by atoms with Gasteiger partial charge in [0.15, 0.2) is 0 Å². The number of sulfone groups is 1. The van der Waals surface area contributed by atoms with Gasteiger partial charge in [-0.25, -0.2) is 26.4 Å². The highest BCUT2D eigenvalue weighted by Crippen LogP contribution is 2.44. The molecule has 0 unspecified atom stereocenters. The molecule has 80 heavy (non-hydrogen) atoms. The summed E-state index contributed by atoms with van der Waals surface area (Å²) in [6, 6.07) is 25.8. The van der Waals surface area contributed by atoms with Gasteiger partial charge in [-0.1, -0.05) is 54.4 Å². The number of benzene rings is 4. The van der Waals surface area contributed by atoms with Crippen molar-refractivity contribution in [2.24, 2.45) is 5.41 Å². The van der Waals surface area contributed by atoms with E-state index in [0.29, 0.717) is 69.2 Å². The lowest BCUT2D eigenvalue weighted by Gasteiger charge is -2.46. The van der Waals surface area contributed by atoms with E-state index in [1.165, 1.54) is 40.6 Å². The quantitative estimate of drug-likeness (QED) is 0.0906. The van der Waals surface area contributed by atoms with Crippen LogP contribution >= 0.6 is 23.4 Å². The largest absolute Gasteiger partial charge is 0.501 e. The number of nitrogens with one attached hydrogen (secondary N) is 2. The Bertz CT molecular complexity index is 3030. The molecule has 0 radical (unpaired) electrons. The summed E-state index contributed by atoms with van der Waals surface area (Å²) in [5.74, 6) is -0.681. The number of allylic oxidation sites excluding steroid dienone is 1. The monoisotopic (exact) mass is 1190 g/mol. The third-order valence-corrected chi connectivity index (χ3v) is 19.5. The third-order valence-electron chi connectivity index (χ3n) is 15.2. The van der Waals surface area contributed by atoms with E-state index in [0.717, 1.165) is 94.2 Å². The topological polar surface area (TPSA) is 161 Å². The molecule has 3 atom stereocenters. The lowest BCUT2D eigenvalue weighted by Crippen LogP contribution is -2.56. The average molecular weight is 1190 g/mol. The molecule has 436 valence electrons. The van der Waals surface area contributed by atoms with E-state index in [1.807, 2.05) is 72.9 Å². The van der Waals surface area contributed by atoms with Gasteiger partial charge in [-0.05, 0) is 143 Å². The van der Waals surface area contributed by atoms with Crippen LogP contribution in [0.1, 0.15) is 82.6 Å². The molecule has 3 fully saturated rings. The lowest BCUT2D eigenvalue weighted by molar-refractivity contribution is -0.0436. The molecule has 2 amide bonds. The summed E-state index contributed by atoms with van der Waals surface area (Å²) in [5.41, 5.74) is -1.98. The summed E-state index contributed by atoms with van der Waals surface area (Å²) in [6.07, 6.45) is 3.85. The van der Waals surface area contributed by atoms with E-state index in [4.69, 9.17) is 21.1 Å². The zero-order valence-corrected chi connectivity index (χ0v) is 49.5. The molecule has 3 saturated heterocycles. The molecular weight excluding hydrogens is 1110 g/mol. The van der Waals surface area contributed by atoms with Gasteiger partial charge >= 0.3 is 11.6 Å². The Morgan fingerprint density at radius 3 is 2.23 bits per heavy atom. The molecule has 8 rings (SSSR count). The Morgan fingerprint density at radius 1 is 0.850 bits per heavy atom. The van der Waals surface area contributed by atoms with Crippen LogP contribution in [0.25, 0.3) is 5.57 Å². The van der Waals surface area contributed by atoms with Gasteiger partial charge in [0.25, 0.3) is 25.8 Å². The van der Waals surface area contributed by atoms with E-state index in [2.05, 4.69) is 50.9 Å². The van der Waals surface area contributed by atoms with Gasteiger partial charge in [0.1, 0.15) is 10.5 Å². The van der Waals surface area contributed by atoms with E-state index in [1.54, 1.807) is 12.1 Å². The van der Waals surface area contributed by atoms with Crippen molar-refractivity contribution in [1.82, 2.24) is 24.3 Å². The van der Waals surface area contributed by atoms with Crippen molar-refractivity contribution >= 4 is 72.2 Å². The summed E-state index contributed by atoms with van der Waals surface area (Å²) in [7, 11) is -11.0. The highest BCUT2D eigenvalue weighted by molar-refractivity contribution is 7.99. The molecule has 0 spiro atoms. The zero-order valence-electron chi connectivity index (χ0n) is 46.3. The van der Waals surface area contributed by atoms with Gasteiger partial charge in [-0.2, -0.15) is 13.2 Å². The standard InChI is InChI=1S/C58H75ClF3N7O8S3/c1-42-38-67(29-32-69(42)55(71)77-56(2,3)4)41-57(5)24-22-51(43-12-16-46(59)17-13-43)45(37-57)39-66-27-30-68(31-28-66)48-18-14-44(15-19-48)54(70)64-80(74,75)50-20-21-52(53(36-50)79(72,73)58(60,61)62)63-47(40-78-49-10-7-6-8-11-49)23-26-65-25-9-34-76-35-33-65/h6-8,10-21,36,42,47,63H,9,22-35,37-41H2,1-5H3,(H,64,70)/t42-,47-,57-/m1/s1. The van der Waals surface area contributed by atoms with Crippen LogP contribution in [0.15, 0.2) is 117 Å². The van der Waals surface area contributed by atoms with Crippen LogP contribution in [-0.4, -0.2) is 169 Å². The Hall–Kier alpha value is -4.87. The van der Waals surface area contributed by atoms with Crippen LogP contribution in [0.2, 0.25) is 5.02 Å². The third kappa shape index (κ3) is 16.2. The smallest absolute Gasteiger partial charge is 0.444 e. The first-order chi connectivity index (χ1) is 37.8. The first-order valence-electron chi connectivity index (χ1n) is 27.4. The SMILES string of the molecule is C[C@@H]1CN(C[C@]2(C)CCC(c3ccc(Cl)cc3)=C(CN3CCN(c4ccc(C(=O)NS(=O)(=O)c5ccc(N[C@H](CCN6CCCOCC6)CSc6ccccc6)c(S(=O)(=O)C(F)(F)F)c5)cc4)CC3)C2)CCN1C(=O)OC(C)(C)C. The first-order valence-corrected chi connectivity index (χ1v) is 31.7. The number of carbonyl (C=O) groups is 2. The van der Waals surface area contributed by atoms with E-state index in [-0.39, 0.29) is 23.1 Å². The van der Waals surface area contributed by atoms with Gasteiger partial charge < -0.3 is 29.5 Å². The number of hydrogen-bond acceptors (Lipinski definition) is 14. The Labute approximate surface area is 479 Å². The fraction of sp³-hybridized carbons (Fsp3) is 0.517. The average Bonchev–Trinajstić information content (AvgIpc) is 3.75. The van der Waals surface area contributed by atoms with Crippen LogP contribution in [-0.2, 0) is 29.3 Å². The Morgan fingerprint density at radius 2 is 1.55 bits per heavy atom. The highest BCUT2D eigenvalue weighted by atomic mass is 35.5. The van der Waals surface area contributed by atoms with Crippen LogP contribution in [0.3, 0.4) is 0 Å². The predicted molar refractivity (Wildman–Crippen MR) is 310 cm³/mol. The van der Waals surface area contributed by atoms with Gasteiger partial charge in [-0.3, -0.25) is 14.6 Å². The number of ether oxygens (including phenoxy) is 2. The minimum atomic E-state index is -6.09. The number of carbonyl (C=O) groups excluding carboxylic acids is 2. The van der Waals surface area contributed by atoms with Gasteiger partial charge in [0.2, 0.25) is 0 Å². The van der Waals surface area contributed by atoms with Crippen molar-refractivity contribution < 1.29 is 49.1 Å². The molecule has 0 aromatic heterocycles. The van der Waals surface area contributed by atoms with Crippen molar-refractivity contribution in [1.29, 1.82) is 0 Å². The summed E-state index contributed by atoms with van der Waals surface area (Å²) < 4.78 is 110. The molecular formula is C58H75ClF3N7O8S3. The number of amides is 2. The maximum absolute atomic E-state index is 14.3. The zero-order chi connectivity index (χ0) is 57.5. The van der Waals surface area contributed by atoms with Crippen molar-refractivity contribution in [2.75, 3.05) is 108 Å². The van der Waals surface area contributed by atoms with E-state index in [9.17, 15) is 39.6 Å². The first kappa shape index (κ1) is 61.2. The molecule has 3 aliphatic heterocycles.